The van der Waals surface area contributed by atoms with Crippen LogP contribution in [-0.4, -0.2) is 46.7 Å². The first kappa shape index (κ1) is 16.8. The summed E-state index contributed by atoms with van der Waals surface area (Å²) in [6.07, 6.45) is 0.0130. The number of likely N-dealkylation sites (tertiary alicyclic amines) is 1. The lowest BCUT2D eigenvalue weighted by Crippen LogP contribution is -2.55. The minimum atomic E-state index is -0.618. The quantitative estimate of drug-likeness (QED) is 0.695. The Kier molecular flexibility index (Phi) is 4.20. The Hall–Kier alpha value is -3.35. The number of ether oxygens (including phenoxy) is 2. The van der Waals surface area contributed by atoms with Gasteiger partial charge < -0.3 is 18.9 Å². The molecular formula is C21H19N3O4. The van der Waals surface area contributed by atoms with Gasteiger partial charge in [-0.1, -0.05) is 47.6 Å². The molecule has 0 bridgehead atoms. The van der Waals surface area contributed by atoms with E-state index in [4.69, 9.17) is 14.0 Å². The lowest BCUT2D eigenvalue weighted by Gasteiger charge is -2.39. The predicted octanol–water partition coefficient (Wildman–Crippen LogP) is 2.43. The molecule has 2 aliphatic heterocycles. The van der Waals surface area contributed by atoms with Crippen LogP contribution in [0.15, 0.2) is 59.1 Å². The molecular weight excluding hydrogens is 358 g/mol. The normalized spacial score (nSPS) is 18.6. The van der Waals surface area contributed by atoms with E-state index in [9.17, 15) is 4.79 Å². The summed E-state index contributed by atoms with van der Waals surface area (Å²) in [5.41, 5.74) is 1.13. The lowest BCUT2D eigenvalue weighted by atomic mass is 9.99. The van der Waals surface area contributed by atoms with Crippen LogP contribution in [0.4, 0.5) is 0 Å². The van der Waals surface area contributed by atoms with Gasteiger partial charge in [-0.15, -0.1) is 0 Å². The maximum absolute atomic E-state index is 12.7. The molecule has 28 heavy (non-hydrogen) atoms. The van der Waals surface area contributed by atoms with Gasteiger partial charge in [0.15, 0.2) is 17.3 Å². The fourth-order valence-electron chi connectivity index (χ4n) is 3.44. The molecule has 1 fully saturated rings. The third-order valence-electron chi connectivity index (χ3n) is 5.02. The van der Waals surface area contributed by atoms with E-state index in [0.29, 0.717) is 42.7 Å². The second-order valence-corrected chi connectivity index (χ2v) is 7.02. The zero-order valence-corrected chi connectivity index (χ0v) is 15.2. The van der Waals surface area contributed by atoms with E-state index < -0.39 is 6.10 Å². The van der Waals surface area contributed by atoms with Crippen molar-refractivity contribution >= 4 is 5.91 Å². The Morgan fingerprint density at radius 3 is 2.61 bits per heavy atom. The molecule has 7 nitrogen and oxygen atoms in total. The van der Waals surface area contributed by atoms with Crippen molar-refractivity contribution in [2.75, 3.05) is 19.7 Å². The van der Waals surface area contributed by atoms with Crippen molar-refractivity contribution in [2.24, 2.45) is 0 Å². The van der Waals surface area contributed by atoms with Gasteiger partial charge in [0.25, 0.3) is 5.91 Å². The molecule has 1 amide bonds. The molecule has 5 rings (SSSR count). The van der Waals surface area contributed by atoms with E-state index in [1.54, 1.807) is 11.0 Å². The maximum Gasteiger partial charge on any atom is 0.267 e. The molecule has 2 aromatic carbocycles. The van der Waals surface area contributed by atoms with E-state index in [1.165, 1.54) is 0 Å². The maximum atomic E-state index is 12.7. The smallest absolute Gasteiger partial charge is 0.267 e. The van der Waals surface area contributed by atoms with Crippen LogP contribution >= 0.6 is 0 Å². The van der Waals surface area contributed by atoms with Crippen LogP contribution in [0.25, 0.3) is 0 Å². The highest BCUT2D eigenvalue weighted by Gasteiger charge is 2.40. The average Bonchev–Trinajstić information content (AvgIpc) is 3.15. The molecule has 1 aromatic heterocycles. The molecule has 1 atom stereocenters. The van der Waals surface area contributed by atoms with Crippen molar-refractivity contribution in [3.8, 4) is 11.5 Å². The number of benzene rings is 2. The highest BCUT2D eigenvalue weighted by Crippen LogP contribution is 2.33. The summed E-state index contributed by atoms with van der Waals surface area (Å²) in [7, 11) is 0. The van der Waals surface area contributed by atoms with E-state index in [1.807, 2.05) is 48.5 Å². The van der Waals surface area contributed by atoms with E-state index >= 15 is 0 Å². The zero-order chi connectivity index (χ0) is 18.9. The number of nitrogens with zero attached hydrogens (tertiary/aromatic N) is 3. The Morgan fingerprint density at radius 1 is 1.04 bits per heavy atom. The first-order valence-electron chi connectivity index (χ1n) is 9.30. The summed E-state index contributed by atoms with van der Waals surface area (Å²) in [6.45, 7) is 1.32. The molecule has 3 heterocycles. The van der Waals surface area contributed by atoms with Gasteiger partial charge in [-0.05, 0) is 17.7 Å². The van der Waals surface area contributed by atoms with Crippen molar-refractivity contribution in [3.05, 3.63) is 71.9 Å². The van der Waals surface area contributed by atoms with Crippen LogP contribution in [0.3, 0.4) is 0 Å². The molecule has 0 radical (unpaired) electrons. The number of aromatic nitrogens is 2. The lowest BCUT2D eigenvalue weighted by molar-refractivity contribution is -0.146. The average molecular weight is 377 g/mol. The van der Waals surface area contributed by atoms with Gasteiger partial charge >= 0.3 is 0 Å². The van der Waals surface area contributed by atoms with Gasteiger partial charge in [0.1, 0.15) is 6.61 Å². The monoisotopic (exact) mass is 377 g/mol. The van der Waals surface area contributed by atoms with E-state index in [2.05, 4.69) is 10.1 Å². The van der Waals surface area contributed by atoms with Gasteiger partial charge in [0, 0.05) is 19.5 Å². The number of carbonyl (C=O) groups is 1. The van der Waals surface area contributed by atoms with Crippen LogP contribution in [-0.2, 0) is 11.2 Å². The fourth-order valence-corrected chi connectivity index (χ4v) is 3.44. The molecule has 2 aliphatic rings. The fraction of sp³-hybridized carbons (Fsp3) is 0.286. The molecule has 142 valence electrons. The highest BCUT2D eigenvalue weighted by atomic mass is 16.6. The molecule has 7 heteroatoms. The summed E-state index contributed by atoms with van der Waals surface area (Å²) in [5.74, 6) is 2.51. The number of para-hydroxylation sites is 2. The second kappa shape index (κ2) is 6.99. The Labute approximate surface area is 161 Å². The van der Waals surface area contributed by atoms with Gasteiger partial charge in [-0.3, -0.25) is 4.79 Å². The van der Waals surface area contributed by atoms with Crippen LogP contribution < -0.4 is 9.47 Å². The summed E-state index contributed by atoms with van der Waals surface area (Å²) in [6, 6.07) is 17.4. The second-order valence-electron chi connectivity index (χ2n) is 7.02. The Balaban J connectivity index is 1.17. The molecule has 0 N–H and O–H groups in total. The van der Waals surface area contributed by atoms with Crippen molar-refractivity contribution in [1.82, 2.24) is 15.0 Å². The van der Waals surface area contributed by atoms with Crippen molar-refractivity contribution in [1.29, 1.82) is 0 Å². The molecule has 1 saturated heterocycles. The Bertz CT molecular complexity index is 982. The number of fused-ring (bicyclic) bond motifs is 1. The van der Waals surface area contributed by atoms with Gasteiger partial charge in [-0.25, -0.2) is 0 Å². The van der Waals surface area contributed by atoms with Crippen molar-refractivity contribution in [3.63, 3.8) is 0 Å². The first-order valence-corrected chi connectivity index (χ1v) is 9.30. The molecule has 0 aliphatic carbocycles. The first-order chi connectivity index (χ1) is 13.8. The SMILES string of the molecule is O=C([C@H]1COc2ccccc2O1)N1CC(c2nc(Cc3ccccc3)no2)C1. The molecule has 3 aromatic rings. The Morgan fingerprint density at radius 2 is 1.79 bits per heavy atom. The minimum Gasteiger partial charge on any atom is -0.485 e. The number of rotatable bonds is 4. The summed E-state index contributed by atoms with van der Waals surface area (Å²) < 4.78 is 16.8. The van der Waals surface area contributed by atoms with Crippen LogP contribution in [0.2, 0.25) is 0 Å². The third-order valence-corrected chi connectivity index (χ3v) is 5.02. The summed E-state index contributed by atoms with van der Waals surface area (Å²) in [5, 5.41) is 4.06. The standard InChI is InChI=1S/C21H19N3O4/c25-21(18-13-26-16-8-4-5-9-17(16)27-18)24-11-15(12-24)20-22-19(23-28-20)10-14-6-2-1-3-7-14/h1-9,15,18H,10-13H2/t18-/m1/s1. The molecule has 0 unspecified atom stereocenters. The zero-order valence-electron chi connectivity index (χ0n) is 15.2. The topological polar surface area (TPSA) is 77.7 Å². The minimum absolute atomic E-state index is 0.0674. The summed E-state index contributed by atoms with van der Waals surface area (Å²) in [4.78, 5) is 18.9. The number of hydrogen-bond acceptors (Lipinski definition) is 6. The van der Waals surface area contributed by atoms with Gasteiger partial charge in [0.2, 0.25) is 12.0 Å². The number of carbonyl (C=O) groups excluding carboxylic acids is 1. The van der Waals surface area contributed by atoms with Crippen molar-refractivity contribution in [2.45, 2.75) is 18.4 Å². The molecule has 0 saturated carbocycles. The van der Waals surface area contributed by atoms with Gasteiger partial charge in [-0.2, -0.15) is 4.98 Å². The third kappa shape index (κ3) is 3.19. The van der Waals surface area contributed by atoms with E-state index in [0.717, 1.165) is 5.56 Å². The summed E-state index contributed by atoms with van der Waals surface area (Å²) >= 11 is 0. The number of amides is 1. The van der Waals surface area contributed by atoms with Gasteiger partial charge in [0.05, 0.1) is 5.92 Å². The van der Waals surface area contributed by atoms with Crippen LogP contribution in [0, 0.1) is 0 Å². The van der Waals surface area contributed by atoms with Crippen LogP contribution in [0.5, 0.6) is 11.5 Å². The number of hydrogen-bond donors (Lipinski definition) is 0. The van der Waals surface area contributed by atoms with E-state index in [-0.39, 0.29) is 18.4 Å². The largest absolute Gasteiger partial charge is 0.485 e. The van der Waals surface area contributed by atoms with Crippen molar-refractivity contribution < 1.29 is 18.8 Å². The highest BCUT2D eigenvalue weighted by molar-refractivity contribution is 5.82. The predicted molar refractivity (Wildman–Crippen MR) is 99.2 cm³/mol. The molecule has 0 spiro atoms. The van der Waals surface area contributed by atoms with Crippen LogP contribution in [0.1, 0.15) is 23.2 Å².